The molecule has 28 heavy (non-hydrogen) atoms. The third-order valence-electron chi connectivity index (χ3n) is 4.59. The fourth-order valence-electron chi connectivity index (χ4n) is 3.16. The number of amides is 2. The highest BCUT2D eigenvalue weighted by molar-refractivity contribution is 5.98. The van der Waals surface area contributed by atoms with Crippen molar-refractivity contribution in [3.05, 3.63) is 83.3 Å². The number of carbonyl (C=O) groups excluding carboxylic acids is 2. The van der Waals surface area contributed by atoms with Crippen LogP contribution in [0.1, 0.15) is 27.2 Å². The van der Waals surface area contributed by atoms with Crippen molar-refractivity contribution in [1.82, 2.24) is 5.32 Å². The first kappa shape index (κ1) is 17.9. The molecule has 0 saturated carbocycles. The van der Waals surface area contributed by atoms with Gasteiger partial charge in [0, 0.05) is 5.56 Å². The van der Waals surface area contributed by atoms with Crippen LogP contribution in [0.4, 0.5) is 5.69 Å². The highest BCUT2D eigenvalue weighted by atomic mass is 16.5. The van der Waals surface area contributed by atoms with Gasteiger partial charge in [-0.25, -0.2) is 0 Å². The lowest BCUT2D eigenvalue weighted by molar-refractivity contribution is -0.121. The van der Waals surface area contributed by atoms with Crippen LogP contribution in [-0.4, -0.2) is 18.4 Å². The Balaban J connectivity index is 1.50. The van der Waals surface area contributed by atoms with Crippen LogP contribution in [0.25, 0.3) is 0 Å². The number of nitrogens with one attached hydrogen (secondary N) is 1. The van der Waals surface area contributed by atoms with E-state index in [-0.39, 0.29) is 18.4 Å². The summed E-state index contributed by atoms with van der Waals surface area (Å²) in [5.74, 6) is 1.09. The Hall–Kier alpha value is -3.54. The average Bonchev–Trinajstić information content (AvgIpc) is 3.22. The molecule has 1 aliphatic rings. The van der Waals surface area contributed by atoms with Crippen LogP contribution in [0.3, 0.4) is 0 Å². The number of nitrogens with zero attached hydrogens (tertiary/aromatic N) is 1. The Morgan fingerprint density at radius 1 is 1.14 bits per heavy atom. The van der Waals surface area contributed by atoms with E-state index in [4.69, 9.17) is 9.15 Å². The van der Waals surface area contributed by atoms with Gasteiger partial charge < -0.3 is 19.4 Å². The Labute approximate surface area is 162 Å². The van der Waals surface area contributed by atoms with E-state index in [1.54, 1.807) is 35.4 Å². The molecule has 6 nitrogen and oxygen atoms in total. The smallest absolute Gasteiger partial charge is 0.265 e. The fourth-order valence-corrected chi connectivity index (χ4v) is 3.16. The van der Waals surface area contributed by atoms with E-state index >= 15 is 0 Å². The Kier molecular flexibility index (Phi) is 4.85. The molecule has 0 aliphatic carbocycles. The second kappa shape index (κ2) is 7.60. The van der Waals surface area contributed by atoms with Crippen molar-refractivity contribution in [3.63, 3.8) is 0 Å². The number of ether oxygens (including phenoxy) is 1. The molecule has 0 atom stereocenters. The first-order valence-electron chi connectivity index (χ1n) is 9.03. The monoisotopic (exact) mass is 376 g/mol. The minimum Gasteiger partial charge on any atom is -0.482 e. The van der Waals surface area contributed by atoms with Crippen molar-refractivity contribution < 1.29 is 18.7 Å². The van der Waals surface area contributed by atoms with Gasteiger partial charge in [0.05, 0.1) is 25.0 Å². The molecule has 3 aromatic rings. The number of hydrogen-bond donors (Lipinski definition) is 1. The number of carbonyl (C=O) groups is 2. The lowest BCUT2D eigenvalue weighted by atomic mass is 10.1. The molecule has 6 heteroatoms. The Morgan fingerprint density at radius 2 is 2.04 bits per heavy atom. The quantitative estimate of drug-likeness (QED) is 0.740. The van der Waals surface area contributed by atoms with Crippen molar-refractivity contribution in [1.29, 1.82) is 0 Å². The molecule has 0 fully saturated rings. The molecular formula is C22H20N2O4. The molecule has 1 aliphatic heterocycles. The van der Waals surface area contributed by atoms with Crippen molar-refractivity contribution >= 4 is 17.5 Å². The highest BCUT2D eigenvalue weighted by Gasteiger charge is 2.25. The number of hydrogen-bond acceptors (Lipinski definition) is 4. The van der Waals surface area contributed by atoms with Gasteiger partial charge in [-0.15, -0.1) is 0 Å². The first-order chi connectivity index (χ1) is 13.6. The van der Waals surface area contributed by atoms with E-state index in [0.717, 1.165) is 16.8 Å². The van der Waals surface area contributed by atoms with E-state index in [1.807, 2.05) is 37.3 Å². The molecule has 142 valence electrons. The lowest BCUT2D eigenvalue weighted by Crippen LogP contribution is -2.38. The zero-order valence-electron chi connectivity index (χ0n) is 15.5. The molecule has 0 unspecified atom stereocenters. The molecule has 0 saturated heterocycles. The SMILES string of the molecule is Cc1ccc2c(c1)OCC(=O)N2Cc1cccc(C(=O)NCc2ccco2)c1. The molecule has 1 aromatic heterocycles. The van der Waals surface area contributed by atoms with Gasteiger partial charge in [0.25, 0.3) is 11.8 Å². The number of furan rings is 1. The minimum absolute atomic E-state index is 0.0137. The van der Waals surface area contributed by atoms with Crippen molar-refractivity contribution in [2.75, 3.05) is 11.5 Å². The summed E-state index contributed by atoms with van der Waals surface area (Å²) in [4.78, 5) is 26.5. The summed E-state index contributed by atoms with van der Waals surface area (Å²) in [6.07, 6.45) is 1.57. The number of fused-ring (bicyclic) bond motifs is 1. The first-order valence-corrected chi connectivity index (χ1v) is 9.03. The third kappa shape index (κ3) is 3.76. The van der Waals surface area contributed by atoms with Crippen LogP contribution in [0.15, 0.2) is 65.3 Å². The van der Waals surface area contributed by atoms with Gasteiger partial charge in [0.2, 0.25) is 0 Å². The maximum Gasteiger partial charge on any atom is 0.265 e. The van der Waals surface area contributed by atoms with Gasteiger partial charge in [0.1, 0.15) is 11.5 Å². The fraction of sp³-hybridized carbons (Fsp3) is 0.182. The summed E-state index contributed by atoms with van der Waals surface area (Å²) in [6.45, 7) is 2.69. The number of rotatable bonds is 5. The van der Waals surface area contributed by atoms with Gasteiger partial charge in [-0.1, -0.05) is 18.2 Å². The number of aryl methyl sites for hydroxylation is 1. The summed E-state index contributed by atoms with van der Waals surface area (Å²) in [5, 5.41) is 2.83. The Morgan fingerprint density at radius 3 is 2.86 bits per heavy atom. The molecule has 2 aromatic carbocycles. The van der Waals surface area contributed by atoms with Crippen LogP contribution in [0.5, 0.6) is 5.75 Å². The summed E-state index contributed by atoms with van der Waals surface area (Å²) >= 11 is 0. The van der Waals surface area contributed by atoms with Gasteiger partial charge in [-0.2, -0.15) is 0 Å². The topological polar surface area (TPSA) is 71.8 Å². The van der Waals surface area contributed by atoms with Crippen LogP contribution in [0.2, 0.25) is 0 Å². The van der Waals surface area contributed by atoms with Gasteiger partial charge in [-0.05, 0) is 54.4 Å². The van der Waals surface area contributed by atoms with E-state index in [9.17, 15) is 9.59 Å². The van der Waals surface area contributed by atoms with Crippen molar-refractivity contribution in [2.45, 2.75) is 20.0 Å². The average molecular weight is 376 g/mol. The molecule has 0 radical (unpaired) electrons. The van der Waals surface area contributed by atoms with Gasteiger partial charge >= 0.3 is 0 Å². The number of benzene rings is 2. The van der Waals surface area contributed by atoms with Crippen LogP contribution in [0, 0.1) is 6.92 Å². The predicted octanol–water partition coefficient (Wildman–Crippen LogP) is 3.44. The molecule has 1 N–H and O–H groups in total. The maximum atomic E-state index is 12.4. The summed E-state index contributed by atoms with van der Waals surface area (Å²) < 4.78 is 10.8. The molecule has 0 bridgehead atoms. The summed E-state index contributed by atoms with van der Waals surface area (Å²) in [5.41, 5.74) is 3.22. The lowest BCUT2D eigenvalue weighted by Gasteiger charge is -2.29. The normalized spacial score (nSPS) is 13.0. The van der Waals surface area contributed by atoms with Crippen molar-refractivity contribution in [2.24, 2.45) is 0 Å². The molecule has 4 rings (SSSR count). The molecular weight excluding hydrogens is 356 g/mol. The van der Waals surface area contributed by atoms with E-state index in [2.05, 4.69) is 5.32 Å². The maximum absolute atomic E-state index is 12.4. The molecule has 0 spiro atoms. The third-order valence-corrected chi connectivity index (χ3v) is 4.59. The van der Waals surface area contributed by atoms with E-state index in [0.29, 0.717) is 30.2 Å². The van der Waals surface area contributed by atoms with Crippen LogP contribution in [-0.2, 0) is 17.9 Å². The van der Waals surface area contributed by atoms with E-state index < -0.39 is 0 Å². The Bertz CT molecular complexity index is 1010. The minimum atomic E-state index is -0.192. The molecule has 2 amide bonds. The summed E-state index contributed by atoms with van der Waals surface area (Å²) in [7, 11) is 0. The zero-order valence-corrected chi connectivity index (χ0v) is 15.5. The predicted molar refractivity (Wildman–Crippen MR) is 104 cm³/mol. The van der Waals surface area contributed by atoms with E-state index in [1.165, 1.54) is 0 Å². The van der Waals surface area contributed by atoms with Gasteiger partial charge in [-0.3, -0.25) is 9.59 Å². The van der Waals surface area contributed by atoms with Gasteiger partial charge in [0.15, 0.2) is 6.61 Å². The zero-order chi connectivity index (χ0) is 19.5. The highest BCUT2D eigenvalue weighted by Crippen LogP contribution is 2.33. The standard InChI is InChI=1S/C22H20N2O4/c1-15-7-8-19-20(10-15)28-14-21(25)24(19)13-16-4-2-5-17(11-16)22(26)23-12-18-6-3-9-27-18/h2-11H,12-14H2,1H3,(H,23,26). The second-order valence-electron chi connectivity index (χ2n) is 6.70. The van der Waals surface area contributed by atoms with Crippen molar-refractivity contribution in [3.8, 4) is 5.75 Å². The number of anilines is 1. The molecule has 2 heterocycles. The largest absolute Gasteiger partial charge is 0.482 e. The van der Waals surface area contributed by atoms with Crippen LogP contribution < -0.4 is 15.0 Å². The van der Waals surface area contributed by atoms with Crippen LogP contribution >= 0.6 is 0 Å². The second-order valence-corrected chi connectivity index (χ2v) is 6.70. The summed E-state index contributed by atoms with van der Waals surface area (Å²) in [6, 6.07) is 16.6.